The molecular formula is C21H27FN2O5. The lowest BCUT2D eigenvalue weighted by molar-refractivity contribution is -0.166. The van der Waals surface area contributed by atoms with Crippen LogP contribution in [0.3, 0.4) is 0 Å². The highest BCUT2D eigenvalue weighted by Crippen LogP contribution is 2.35. The first-order chi connectivity index (χ1) is 13.8. The van der Waals surface area contributed by atoms with Crippen molar-refractivity contribution in [2.75, 3.05) is 26.2 Å². The number of rotatable bonds is 7. The molecule has 2 aliphatic rings. The summed E-state index contributed by atoms with van der Waals surface area (Å²) in [5.74, 6) is -1.65. The fraction of sp³-hybridized carbons (Fsp3) is 0.571. The van der Waals surface area contributed by atoms with Crippen LogP contribution in [0.1, 0.15) is 37.7 Å². The summed E-state index contributed by atoms with van der Waals surface area (Å²) in [6.07, 6.45) is 1.24. The molecule has 0 bridgehead atoms. The fourth-order valence-electron chi connectivity index (χ4n) is 4.24. The second kappa shape index (κ2) is 8.90. The number of benzene rings is 1. The number of piperidine rings is 1. The number of carbonyl (C=O) groups is 3. The van der Waals surface area contributed by atoms with Gasteiger partial charge in [0.2, 0.25) is 11.8 Å². The Hall–Kier alpha value is -2.48. The van der Waals surface area contributed by atoms with Crippen molar-refractivity contribution in [3.63, 3.8) is 0 Å². The van der Waals surface area contributed by atoms with Gasteiger partial charge in [-0.3, -0.25) is 14.4 Å². The molecule has 0 radical (unpaired) electrons. The molecule has 2 atom stereocenters. The predicted octanol–water partition coefficient (Wildman–Crippen LogP) is 1.43. The smallest absolute Gasteiger partial charge is 0.314 e. The van der Waals surface area contributed by atoms with Gasteiger partial charge in [0.25, 0.3) is 0 Å². The number of carbonyl (C=O) groups excluding carboxylic acids is 2. The van der Waals surface area contributed by atoms with Gasteiger partial charge in [0.1, 0.15) is 11.2 Å². The van der Waals surface area contributed by atoms with Crippen LogP contribution in [0.15, 0.2) is 24.3 Å². The average molecular weight is 406 g/mol. The van der Waals surface area contributed by atoms with E-state index in [1.807, 2.05) is 0 Å². The average Bonchev–Trinajstić information content (AvgIpc) is 3.10. The quantitative estimate of drug-likeness (QED) is 0.714. The maximum atomic E-state index is 13.2. The molecule has 2 amide bonds. The zero-order valence-corrected chi connectivity index (χ0v) is 16.3. The SMILES string of the molecule is O=C1CCCN1CCCC(=O)N1CC[C@@H](O)[C@](Cc2ccc(F)cc2)(C(=O)O)C1. The molecule has 158 valence electrons. The summed E-state index contributed by atoms with van der Waals surface area (Å²) < 4.78 is 13.2. The number of likely N-dealkylation sites (tertiary alicyclic amines) is 2. The summed E-state index contributed by atoms with van der Waals surface area (Å²) >= 11 is 0. The minimum absolute atomic E-state index is 0.00976. The van der Waals surface area contributed by atoms with Gasteiger partial charge in [-0.05, 0) is 43.4 Å². The number of hydrogen-bond donors (Lipinski definition) is 2. The van der Waals surface area contributed by atoms with Gasteiger partial charge in [0.15, 0.2) is 0 Å². The molecular weight excluding hydrogens is 379 g/mol. The summed E-state index contributed by atoms with van der Waals surface area (Å²) in [6.45, 7) is 1.45. The second-order valence-electron chi connectivity index (χ2n) is 7.97. The van der Waals surface area contributed by atoms with E-state index in [1.165, 1.54) is 29.2 Å². The number of aliphatic hydroxyl groups is 1. The summed E-state index contributed by atoms with van der Waals surface area (Å²) in [4.78, 5) is 39.7. The highest BCUT2D eigenvalue weighted by molar-refractivity contribution is 5.81. The van der Waals surface area contributed by atoms with Gasteiger partial charge in [-0.1, -0.05) is 12.1 Å². The van der Waals surface area contributed by atoms with E-state index in [0.717, 1.165) is 13.0 Å². The van der Waals surface area contributed by atoms with E-state index in [0.29, 0.717) is 31.5 Å². The molecule has 2 fully saturated rings. The lowest BCUT2D eigenvalue weighted by Gasteiger charge is -2.43. The number of amides is 2. The van der Waals surface area contributed by atoms with Crippen LogP contribution in [0, 0.1) is 11.2 Å². The molecule has 0 spiro atoms. The Bertz CT molecular complexity index is 769. The molecule has 29 heavy (non-hydrogen) atoms. The molecule has 0 aromatic heterocycles. The van der Waals surface area contributed by atoms with Crippen LogP contribution in [-0.4, -0.2) is 70.1 Å². The first-order valence-corrected chi connectivity index (χ1v) is 10.0. The topological polar surface area (TPSA) is 98.2 Å². The molecule has 2 N–H and O–H groups in total. The van der Waals surface area contributed by atoms with Crippen LogP contribution in [-0.2, 0) is 20.8 Å². The van der Waals surface area contributed by atoms with E-state index in [9.17, 15) is 29.0 Å². The van der Waals surface area contributed by atoms with Gasteiger partial charge in [-0.2, -0.15) is 0 Å². The first kappa shape index (κ1) is 21.2. The molecule has 0 saturated carbocycles. The largest absolute Gasteiger partial charge is 0.481 e. The lowest BCUT2D eigenvalue weighted by atomic mass is 9.72. The van der Waals surface area contributed by atoms with Gasteiger partial charge in [-0.25, -0.2) is 4.39 Å². The van der Waals surface area contributed by atoms with Crippen molar-refractivity contribution < 1.29 is 29.0 Å². The normalized spacial score (nSPS) is 24.8. The predicted molar refractivity (Wildman–Crippen MR) is 102 cm³/mol. The third-order valence-electron chi connectivity index (χ3n) is 5.98. The number of carboxylic acid groups (broad SMARTS) is 1. The van der Waals surface area contributed by atoms with Crippen molar-refractivity contribution in [3.05, 3.63) is 35.6 Å². The second-order valence-corrected chi connectivity index (χ2v) is 7.97. The Labute approximate surface area is 169 Å². The van der Waals surface area contributed by atoms with Crippen LogP contribution in [0.2, 0.25) is 0 Å². The van der Waals surface area contributed by atoms with Gasteiger partial charge in [-0.15, -0.1) is 0 Å². The van der Waals surface area contributed by atoms with Crippen LogP contribution in [0.5, 0.6) is 0 Å². The highest BCUT2D eigenvalue weighted by atomic mass is 19.1. The Balaban J connectivity index is 1.64. The Morgan fingerprint density at radius 1 is 1.21 bits per heavy atom. The molecule has 7 nitrogen and oxygen atoms in total. The number of aliphatic carboxylic acids is 1. The Kier molecular flexibility index (Phi) is 6.52. The summed E-state index contributed by atoms with van der Waals surface area (Å²) in [5, 5.41) is 20.4. The monoisotopic (exact) mass is 406 g/mol. The molecule has 2 saturated heterocycles. The molecule has 3 rings (SSSR count). The molecule has 8 heteroatoms. The van der Waals surface area contributed by atoms with Crippen molar-refractivity contribution in [1.82, 2.24) is 9.80 Å². The van der Waals surface area contributed by atoms with Crippen LogP contribution < -0.4 is 0 Å². The fourth-order valence-corrected chi connectivity index (χ4v) is 4.24. The minimum atomic E-state index is -1.53. The van der Waals surface area contributed by atoms with E-state index in [-0.39, 0.29) is 37.6 Å². The highest BCUT2D eigenvalue weighted by Gasteiger charge is 2.50. The van der Waals surface area contributed by atoms with E-state index in [2.05, 4.69) is 0 Å². The molecule has 2 heterocycles. The summed E-state index contributed by atoms with van der Waals surface area (Å²) in [5.41, 5.74) is -0.939. The third-order valence-corrected chi connectivity index (χ3v) is 5.98. The zero-order valence-electron chi connectivity index (χ0n) is 16.3. The summed E-state index contributed by atoms with van der Waals surface area (Å²) in [7, 11) is 0. The lowest BCUT2D eigenvalue weighted by Crippen LogP contribution is -2.58. The molecule has 2 aliphatic heterocycles. The standard InChI is InChI=1S/C21H27FN2O5/c22-16-7-5-15(6-8-16)13-21(20(28)29)14-24(12-9-17(21)25)19(27)4-2-11-23-10-1-3-18(23)26/h5-8,17,25H,1-4,9-14H2,(H,28,29)/t17-,21-/m1/s1. The van der Waals surface area contributed by atoms with Crippen molar-refractivity contribution in [3.8, 4) is 0 Å². The number of hydrogen-bond acceptors (Lipinski definition) is 4. The van der Waals surface area contributed by atoms with E-state index < -0.39 is 23.3 Å². The summed E-state index contributed by atoms with van der Waals surface area (Å²) in [6, 6.07) is 5.51. The number of halogens is 1. The van der Waals surface area contributed by atoms with Crippen molar-refractivity contribution in [2.45, 2.75) is 44.6 Å². The number of nitrogens with zero attached hydrogens (tertiary/aromatic N) is 2. The maximum absolute atomic E-state index is 13.2. The first-order valence-electron chi connectivity index (χ1n) is 10.0. The molecule has 0 unspecified atom stereocenters. The molecule has 1 aromatic carbocycles. The van der Waals surface area contributed by atoms with Crippen LogP contribution >= 0.6 is 0 Å². The van der Waals surface area contributed by atoms with E-state index >= 15 is 0 Å². The number of aliphatic hydroxyl groups excluding tert-OH is 1. The van der Waals surface area contributed by atoms with E-state index in [4.69, 9.17) is 0 Å². The Morgan fingerprint density at radius 2 is 1.93 bits per heavy atom. The zero-order chi connectivity index (χ0) is 21.0. The van der Waals surface area contributed by atoms with E-state index in [1.54, 1.807) is 4.90 Å². The number of carboxylic acids is 1. The van der Waals surface area contributed by atoms with Gasteiger partial charge in [0.05, 0.1) is 6.10 Å². The van der Waals surface area contributed by atoms with Gasteiger partial charge < -0.3 is 20.0 Å². The van der Waals surface area contributed by atoms with Crippen molar-refractivity contribution >= 4 is 17.8 Å². The Morgan fingerprint density at radius 3 is 2.55 bits per heavy atom. The molecule has 1 aromatic rings. The van der Waals surface area contributed by atoms with Crippen LogP contribution in [0.4, 0.5) is 4.39 Å². The van der Waals surface area contributed by atoms with Gasteiger partial charge in [0, 0.05) is 39.0 Å². The van der Waals surface area contributed by atoms with Crippen LogP contribution in [0.25, 0.3) is 0 Å². The van der Waals surface area contributed by atoms with Gasteiger partial charge >= 0.3 is 5.97 Å². The van der Waals surface area contributed by atoms with Crippen molar-refractivity contribution in [1.29, 1.82) is 0 Å². The third kappa shape index (κ3) is 4.75. The minimum Gasteiger partial charge on any atom is -0.481 e. The van der Waals surface area contributed by atoms with Crippen molar-refractivity contribution in [2.24, 2.45) is 5.41 Å². The maximum Gasteiger partial charge on any atom is 0.314 e. The molecule has 0 aliphatic carbocycles.